The summed E-state index contributed by atoms with van der Waals surface area (Å²) < 4.78 is 69.0. The highest BCUT2D eigenvalue weighted by Crippen LogP contribution is 2.28. The number of nitrogens with zero attached hydrogens (tertiary/aromatic N) is 2. The molecule has 2 aromatic carbocycles. The summed E-state index contributed by atoms with van der Waals surface area (Å²) in [4.78, 5) is 22.2. The van der Waals surface area contributed by atoms with Crippen molar-refractivity contribution in [1.29, 1.82) is 0 Å². The summed E-state index contributed by atoms with van der Waals surface area (Å²) in [6, 6.07) is 7.16. The van der Waals surface area contributed by atoms with Gasteiger partial charge < -0.3 is 19.8 Å². The lowest BCUT2D eigenvalue weighted by Gasteiger charge is -2.12. The standard InChI is InChI=1S/C20H18FN5O3/c1-10-6-13(8-16(28-3)17(10)21)24-19-22-9-11(2)18(26-19)23-12-4-5-15-14(7-12)25-20(27)29-15/h4-9H,1-3H3,(H,25,27)(H2,22,23,24,26)/i2D3,3D3. The number of H-pyrrole nitrogens is 1. The lowest BCUT2D eigenvalue weighted by atomic mass is 10.2. The van der Waals surface area contributed by atoms with Gasteiger partial charge in [-0.15, -0.1) is 0 Å². The molecule has 0 atom stereocenters. The van der Waals surface area contributed by atoms with Gasteiger partial charge in [0.25, 0.3) is 0 Å². The maximum Gasteiger partial charge on any atom is 0.417 e. The Morgan fingerprint density at radius 1 is 1.21 bits per heavy atom. The molecule has 9 heteroatoms. The first-order chi connectivity index (χ1) is 16.3. The molecule has 4 rings (SSSR count). The molecule has 0 radical (unpaired) electrons. The highest BCUT2D eigenvalue weighted by Gasteiger charge is 2.11. The van der Waals surface area contributed by atoms with Crippen LogP contribution in [-0.4, -0.2) is 22.0 Å². The predicted molar refractivity (Wildman–Crippen MR) is 108 cm³/mol. The smallest absolute Gasteiger partial charge is 0.417 e. The van der Waals surface area contributed by atoms with Crippen LogP contribution in [0.4, 0.5) is 27.5 Å². The zero-order chi connectivity index (χ0) is 25.5. The largest absolute Gasteiger partial charge is 0.494 e. The van der Waals surface area contributed by atoms with Gasteiger partial charge in [0.15, 0.2) is 17.1 Å². The number of methoxy groups -OCH3 is 1. The summed E-state index contributed by atoms with van der Waals surface area (Å²) in [7, 11) is -2.86. The number of aromatic amines is 1. The van der Waals surface area contributed by atoms with Gasteiger partial charge in [0.1, 0.15) is 5.82 Å². The van der Waals surface area contributed by atoms with E-state index < -0.39 is 31.2 Å². The first-order valence-electron chi connectivity index (χ1n) is 11.3. The van der Waals surface area contributed by atoms with Crippen LogP contribution in [0.5, 0.6) is 5.75 Å². The molecule has 8 nitrogen and oxygen atoms in total. The Morgan fingerprint density at radius 3 is 2.93 bits per heavy atom. The maximum absolute atomic E-state index is 14.3. The lowest BCUT2D eigenvalue weighted by Crippen LogP contribution is -2.03. The average molecular weight is 401 g/mol. The van der Waals surface area contributed by atoms with Crippen molar-refractivity contribution in [2.45, 2.75) is 13.8 Å². The van der Waals surface area contributed by atoms with Crippen LogP contribution in [0.25, 0.3) is 11.1 Å². The van der Waals surface area contributed by atoms with Gasteiger partial charge in [-0.3, -0.25) is 4.98 Å². The third-order valence-electron chi connectivity index (χ3n) is 4.06. The van der Waals surface area contributed by atoms with Gasteiger partial charge in [-0.2, -0.15) is 4.98 Å². The van der Waals surface area contributed by atoms with Crippen molar-refractivity contribution in [3.63, 3.8) is 0 Å². The minimum absolute atomic E-state index is 0.0505. The van der Waals surface area contributed by atoms with Crippen LogP contribution in [0, 0.1) is 19.6 Å². The number of halogens is 1. The molecule has 0 aliphatic rings. The Morgan fingerprint density at radius 2 is 2.10 bits per heavy atom. The van der Waals surface area contributed by atoms with Crippen LogP contribution in [0.1, 0.15) is 19.4 Å². The van der Waals surface area contributed by atoms with Crippen molar-refractivity contribution in [3.8, 4) is 5.75 Å². The number of aromatic nitrogens is 3. The van der Waals surface area contributed by atoms with E-state index in [0.717, 1.165) is 12.3 Å². The molecule has 0 aliphatic carbocycles. The van der Waals surface area contributed by atoms with E-state index >= 15 is 0 Å². The summed E-state index contributed by atoms with van der Waals surface area (Å²) >= 11 is 0. The monoisotopic (exact) mass is 401 g/mol. The summed E-state index contributed by atoms with van der Waals surface area (Å²) in [5.74, 6) is -2.06. The second-order valence-electron chi connectivity index (χ2n) is 6.14. The molecule has 0 spiro atoms. The summed E-state index contributed by atoms with van der Waals surface area (Å²) in [6.07, 6.45) is 1.11. The minimum atomic E-state index is -2.86. The van der Waals surface area contributed by atoms with Crippen LogP contribution < -0.4 is 21.1 Å². The maximum atomic E-state index is 14.3. The number of aryl methyl sites for hydroxylation is 2. The molecule has 0 amide bonds. The topological polar surface area (TPSA) is 105 Å². The summed E-state index contributed by atoms with van der Waals surface area (Å²) in [6.45, 7) is -1.13. The number of oxazole rings is 1. The van der Waals surface area contributed by atoms with Gasteiger partial charge in [0, 0.05) is 33.3 Å². The minimum Gasteiger partial charge on any atom is -0.494 e. The van der Waals surface area contributed by atoms with Gasteiger partial charge >= 0.3 is 5.76 Å². The molecule has 4 aromatic rings. The third kappa shape index (κ3) is 3.75. The van der Waals surface area contributed by atoms with Crippen molar-refractivity contribution >= 4 is 34.2 Å². The Hall–Kier alpha value is -3.88. The number of fused-ring (bicyclic) bond motifs is 1. The molecular weight excluding hydrogens is 377 g/mol. The zero-order valence-electron chi connectivity index (χ0n) is 21.0. The normalized spacial score (nSPS) is 14.8. The highest BCUT2D eigenvalue weighted by molar-refractivity contribution is 5.78. The van der Waals surface area contributed by atoms with Crippen LogP contribution in [0.2, 0.25) is 0 Å². The van der Waals surface area contributed by atoms with Crippen molar-refractivity contribution in [1.82, 2.24) is 15.0 Å². The number of hydrogen-bond donors (Lipinski definition) is 3. The molecular formula is C20H18FN5O3. The fourth-order valence-corrected chi connectivity index (χ4v) is 2.72. The molecule has 2 heterocycles. The Kier molecular flexibility index (Phi) is 3.15. The number of nitrogens with one attached hydrogen (secondary N) is 3. The van der Waals surface area contributed by atoms with E-state index in [-0.39, 0.29) is 28.6 Å². The van der Waals surface area contributed by atoms with Gasteiger partial charge in [0.05, 0.1) is 16.7 Å². The average Bonchev–Trinajstić information content (AvgIpc) is 3.09. The quantitative estimate of drug-likeness (QED) is 0.461. The fraction of sp³-hybridized carbons (Fsp3) is 0.150. The van der Waals surface area contributed by atoms with Gasteiger partial charge in [-0.25, -0.2) is 14.2 Å². The fourth-order valence-electron chi connectivity index (χ4n) is 2.72. The lowest BCUT2D eigenvalue weighted by molar-refractivity contribution is 0.385. The highest BCUT2D eigenvalue weighted by atomic mass is 19.1. The van der Waals surface area contributed by atoms with Crippen LogP contribution in [0.15, 0.2) is 45.7 Å². The first kappa shape index (κ1) is 12.6. The van der Waals surface area contributed by atoms with Gasteiger partial charge in [-0.05, 0) is 43.6 Å². The van der Waals surface area contributed by atoms with Crippen LogP contribution in [-0.2, 0) is 0 Å². The molecule has 0 aliphatic heterocycles. The Balaban J connectivity index is 1.69. The van der Waals surface area contributed by atoms with Crippen molar-refractivity contribution in [2.24, 2.45) is 0 Å². The zero-order valence-corrected chi connectivity index (χ0v) is 15.0. The number of ether oxygens (including phenoxy) is 1. The second kappa shape index (κ2) is 7.27. The van der Waals surface area contributed by atoms with E-state index in [1.165, 1.54) is 19.1 Å². The van der Waals surface area contributed by atoms with Gasteiger partial charge in [0.2, 0.25) is 5.95 Å². The van der Waals surface area contributed by atoms with Crippen molar-refractivity contribution in [3.05, 3.63) is 64.0 Å². The molecule has 0 unspecified atom stereocenters. The van der Waals surface area contributed by atoms with E-state index in [4.69, 9.17) is 17.4 Å². The van der Waals surface area contributed by atoms with Crippen LogP contribution >= 0.6 is 0 Å². The molecule has 0 saturated heterocycles. The molecule has 0 bridgehead atoms. The Labute approximate surface area is 173 Å². The Bertz CT molecular complexity index is 1460. The number of hydrogen-bond acceptors (Lipinski definition) is 7. The van der Waals surface area contributed by atoms with E-state index in [9.17, 15) is 9.18 Å². The van der Waals surface area contributed by atoms with E-state index in [1.807, 2.05) is 0 Å². The molecule has 2 aromatic heterocycles. The molecule has 148 valence electrons. The molecule has 0 fully saturated rings. The van der Waals surface area contributed by atoms with E-state index in [1.54, 1.807) is 12.1 Å². The predicted octanol–water partition coefficient (Wildman–Crippen LogP) is 4.16. The SMILES string of the molecule is [2H]C([2H])([2H])Oc1cc(Nc2ncc(C([2H])([2H])[2H])c(Nc3ccc4oc(=O)[nH]c4c3)n2)cc(C)c1F. The first-order valence-corrected chi connectivity index (χ1v) is 8.32. The number of benzene rings is 2. The molecule has 0 saturated carbocycles. The van der Waals surface area contributed by atoms with Crippen molar-refractivity contribution < 1.29 is 21.8 Å². The number of anilines is 4. The van der Waals surface area contributed by atoms with E-state index in [0.29, 0.717) is 16.8 Å². The number of rotatable bonds is 5. The van der Waals surface area contributed by atoms with E-state index in [2.05, 4.69) is 25.6 Å². The van der Waals surface area contributed by atoms with Gasteiger partial charge in [-0.1, -0.05) is 0 Å². The third-order valence-corrected chi connectivity index (χ3v) is 4.06. The van der Waals surface area contributed by atoms with Crippen molar-refractivity contribution in [2.75, 3.05) is 17.7 Å². The summed E-state index contributed by atoms with van der Waals surface area (Å²) in [5, 5.41) is 5.69. The summed E-state index contributed by atoms with van der Waals surface area (Å²) in [5.41, 5.74) is 1.28. The second-order valence-corrected chi connectivity index (χ2v) is 6.14. The van der Waals surface area contributed by atoms with Crippen LogP contribution in [0.3, 0.4) is 0 Å². The molecule has 3 N–H and O–H groups in total. The molecule has 29 heavy (non-hydrogen) atoms.